The van der Waals surface area contributed by atoms with Gasteiger partial charge in [0.25, 0.3) is 0 Å². The van der Waals surface area contributed by atoms with Crippen LogP contribution in [0, 0.1) is 0 Å². The fraction of sp³-hybridized carbons (Fsp3) is 0.154. The van der Waals surface area contributed by atoms with Gasteiger partial charge in [-0.1, -0.05) is 12.1 Å². The van der Waals surface area contributed by atoms with Crippen molar-refractivity contribution in [1.82, 2.24) is 4.98 Å². The Hall–Kier alpha value is -2.44. The fourth-order valence-corrected chi connectivity index (χ4v) is 1.63. The molecule has 0 bridgehead atoms. The van der Waals surface area contributed by atoms with Gasteiger partial charge in [-0.3, -0.25) is 0 Å². The molecule has 2 rings (SSSR count). The van der Waals surface area contributed by atoms with Crippen molar-refractivity contribution in [3.63, 3.8) is 0 Å². The van der Waals surface area contributed by atoms with Gasteiger partial charge in [0.15, 0.2) is 0 Å². The fourth-order valence-electron chi connectivity index (χ4n) is 1.63. The highest BCUT2D eigenvalue weighted by atomic mass is 19.4. The largest absolute Gasteiger partial charge is 0.416 e. The van der Waals surface area contributed by atoms with E-state index in [0.29, 0.717) is 17.1 Å². The highest BCUT2D eigenvalue weighted by Gasteiger charge is 2.30. The van der Waals surface area contributed by atoms with Gasteiger partial charge >= 0.3 is 6.18 Å². The van der Waals surface area contributed by atoms with Gasteiger partial charge in [-0.15, -0.1) is 0 Å². The lowest BCUT2D eigenvalue weighted by Crippen LogP contribution is -2.08. The SMILES string of the molecule is Nc1ccc(NCc2cccc(C(F)(F)F)c2)nc1N. The van der Waals surface area contributed by atoms with Crippen LogP contribution in [0.3, 0.4) is 0 Å². The summed E-state index contributed by atoms with van der Waals surface area (Å²) >= 11 is 0. The van der Waals surface area contributed by atoms with Crippen LogP contribution < -0.4 is 16.8 Å². The second-order valence-electron chi connectivity index (χ2n) is 4.22. The van der Waals surface area contributed by atoms with Crippen molar-refractivity contribution in [1.29, 1.82) is 0 Å². The molecule has 20 heavy (non-hydrogen) atoms. The molecule has 0 aliphatic carbocycles. The number of nitrogens with one attached hydrogen (secondary N) is 1. The second-order valence-corrected chi connectivity index (χ2v) is 4.22. The maximum Gasteiger partial charge on any atom is 0.416 e. The molecule has 0 saturated heterocycles. The van der Waals surface area contributed by atoms with E-state index in [0.717, 1.165) is 12.1 Å². The van der Waals surface area contributed by atoms with Gasteiger partial charge in [-0.2, -0.15) is 13.2 Å². The summed E-state index contributed by atoms with van der Waals surface area (Å²) in [6, 6.07) is 8.28. The van der Waals surface area contributed by atoms with Gasteiger partial charge in [0.2, 0.25) is 0 Å². The smallest absolute Gasteiger partial charge is 0.396 e. The number of nitrogens with two attached hydrogens (primary N) is 2. The molecule has 0 aliphatic rings. The number of alkyl halides is 3. The standard InChI is InChI=1S/C13H13F3N4/c14-13(15,16)9-3-1-2-8(6-9)7-19-11-5-4-10(17)12(18)20-11/h1-6H,7,17H2,(H3,18,19,20). The molecule has 4 nitrogen and oxygen atoms in total. The molecule has 5 N–H and O–H groups in total. The number of pyridine rings is 1. The molecule has 1 heterocycles. The number of nitrogens with zero attached hydrogens (tertiary/aromatic N) is 1. The molecular weight excluding hydrogens is 269 g/mol. The normalized spacial score (nSPS) is 11.3. The zero-order valence-electron chi connectivity index (χ0n) is 10.4. The molecule has 1 aromatic carbocycles. The summed E-state index contributed by atoms with van der Waals surface area (Å²) in [4.78, 5) is 3.98. The highest BCUT2D eigenvalue weighted by Crippen LogP contribution is 2.29. The Balaban J connectivity index is 2.09. The lowest BCUT2D eigenvalue weighted by molar-refractivity contribution is -0.137. The van der Waals surface area contributed by atoms with E-state index in [9.17, 15) is 13.2 Å². The molecule has 7 heteroatoms. The van der Waals surface area contributed by atoms with Gasteiger partial charge in [0.05, 0.1) is 11.3 Å². The number of aromatic nitrogens is 1. The maximum atomic E-state index is 12.6. The molecule has 0 fully saturated rings. The van der Waals surface area contributed by atoms with Crippen molar-refractivity contribution in [3.8, 4) is 0 Å². The Morgan fingerprint density at radius 1 is 1.10 bits per heavy atom. The number of nitrogen functional groups attached to an aromatic ring is 2. The average Bonchev–Trinajstić information content (AvgIpc) is 2.39. The number of hydrogen-bond acceptors (Lipinski definition) is 4. The van der Waals surface area contributed by atoms with E-state index in [2.05, 4.69) is 10.3 Å². The Labute approximate surface area is 113 Å². The summed E-state index contributed by atoms with van der Waals surface area (Å²) in [6.07, 6.45) is -4.35. The number of anilines is 3. The predicted octanol–water partition coefficient (Wildman–Crippen LogP) is 2.88. The van der Waals surface area contributed by atoms with Crippen LogP contribution in [0.1, 0.15) is 11.1 Å². The van der Waals surface area contributed by atoms with Crippen LogP contribution in [0.2, 0.25) is 0 Å². The second kappa shape index (κ2) is 5.28. The minimum atomic E-state index is -4.35. The summed E-state index contributed by atoms with van der Waals surface area (Å²) in [5.74, 6) is 0.633. The molecular formula is C13H13F3N4. The Kier molecular flexibility index (Phi) is 3.69. The van der Waals surface area contributed by atoms with E-state index in [4.69, 9.17) is 11.5 Å². The van der Waals surface area contributed by atoms with Crippen LogP contribution in [0.4, 0.5) is 30.5 Å². The number of halogens is 3. The summed E-state index contributed by atoms with van der Waals surface area (Å²) in [7, 11) is 0. The van der Waals surface area contributed by atoms with E-state index in [-0.39, 0.29) is 12.4 Å². The summed E-state index contributed by atoms with van der Waals surface area (Å²) in [5.41, 5.74) is 11.2. The third-order valence-corrected chi connectivity index (χ3v) is 2.69. The molecule has 106 valence electrons. The van der Waals surface area contributed by atoms with Crippen molar-refractivity contribution in [2.45, 2.75) is 12.7 Å². The van der Waals surface area contributed by atoms with Crippen molar-refractivity contribution in [3.05, 3.63) is 47.5 Å². The number of benzene rings is 1. The van der Waals surface area contributed by atoms with Crippen LogP contribution in [0.15, 0.2) is 36.4 Å². The van der Waals surface area contributed by atoms with Gasteiger partial charge in [0, 0.05) is 6.54 Å². The van der Waals surface area contributed by atoms with E-state index in [1.807, 2.05) is 0 Å². The Bertz CT molecular complexity index is 611. The molecule has 0 spiro atoms. The molecule has 2 aromatic rings. The first-order chi connectivity index (χ1) is 9.36. The van der Waals surface area contributed by atoms with Crippen LogP contribution in [0.25, 0.3) is 0 Å². The van der Waals surface area contributed by atoms with Crippen LogP contribution in [0.5, 0.6) is 0 Å². The van der Waals surface area contributed by atoms with Gasteiger partial charge in [-0.05, 0) is 29.8 Å². The van der Waals surface area contributed by atoms with E-state index >= 15 is 0 Å². The monoisotopic (exact) mass is 282 g/mol. The van der Waals surface area contributed by atoms with Crippen molar-refractivity contribution in [2.24, 2.45) is 0 Å². The molecule has 0 atom stereocenters. The maximum absolute atomic E-state index is 12.6. The molecule has 0 amide bonds. The lowest BCUT2D eigenvalue weighted by atomic mass is 10.1. The van der Waals surface area contributed by atoms with Gasteiger partial charge < -0.3 is 16.8 Å². The zero-order chi connectivity index (χ0) is 14.8. The average molecular weight is 282 g/mol. The molecule has 0 unspecified atom stereocenters. The van der Waals surface area contributed by atoms with E-state index in [1.54, 1.807) is 18.2 Å². The van der Waals surface area contributed by atoms with E-state index in [1.165, 1.54) is 6.07 Å². The van der Waals surface area contributed by atoms with Crippen LogP contribution in [-0.4, -0.2) is 4.98 Å². The quantitative estimate of drug-likeness (QED) is 0.809. The van der Waals surface area contributed by atoms with Crippen LogP contribution >= 0.6 is 0 Å². The molecule has 0 aliphatic heterocycles. The lowest BCUT2D eigenvalue weighted by Gasteiger charge is -2.10. The van der Waals surface area contributed by atoms with Gasteiger partial charge in [-0.25, -0.2) is 4.98 Å². The van der Waals surface area contributed by atoms with E-state index < -0.39 is 11.7 Å². The third-order valence-electron chi connectivity index (χ3n) is 2.69. The van der Waals surface area contributed by atoms with Crippen LogP contribution in [-0.2, 0) is 12.7 Å². The predicted molar refractivity (Wildman–Crippen MR) is 71.8 cm³/mol. The first-order valence-corrected chi connectivity index (χ1v) is 5.78. The van der Waals surface area contributed by atoms with Crippen molar-refractivity contribution in [2.75, 3.05) is 16.8 Å². The number of rotatable bonds is 3. The first kappa shape index (κ1) is 14.0. The number of hydrogen-bond donors (Lipinski definition) is 3. The topological polar surface area (TPSA) is 77.0 Å². The first-order valence-electron chi connectivity index (χ1n) is 5.78. The van der Waals surface area contributed by atoms with Gasteiger partial charge in [0.1, 0.15) is 11.6 Å². The third kappa shape index (κ3) is 3.31. The summed E-state index contributed by atoms with van der Waals surface area (Å²) < 4.78 is 37.7. The Morgan fingerprint density at radius 3 is 2.50 bits per heavy atom. The van der Waals surface area contributed by atoms with Crippen molar-refractivity contribution >= 4 is 17.3 Å². The Morgan fingerprint density at radius 2 is 1.85 bits per heavy atom. The molecule has 0 radical (unpaired) electrons. The molecule has 1 aromatic heterocycles. The minimum absolute atomic E-state index is 0.180. The summed E-state index contributed by atoms with van der Waals surface area (Å²) in [6.45, 7) is 0.209. The highest BCUT2D eigenvalue weighted by molar-refractivity contribution is 5.61. The van der Waals surface area contributed by atoms with Crippen molar-refractivity contribution < 1.29 is 13.2 Å². The minimum Gasteiger partial charge on any atom is -0.396 e. The molecule has 0 saturated carbocycles. The zero-order valence-corrected chi connectivity index (χ0v) is 10.4. The summed E-state index contributed by atoms with van der Waals surface area (Å²) in [5, 5.41) is 2.89.